The second-order valence-electron chi connectivity index (χ2n) is 5.81. The summed E-state index contributed by atoms with van der Waals surface area (Å²) in [5, 5.41) is 3.33. The number of rotatable bonds is 6. The molecule has 1 rings (SSSR count). The average Bonchev–Trinajstić information content (AvgIpc) is 2.26. The molecule has 2 heteroatoms. The topological polar surface area (TPSA) is 15.3 Å². The van der Waals surface area contributed by atoms with Crippen molar-refractivity contribution in [1.29, 1.82) is 0 Å². The third kappa shape index (κ3) is 4.42. The first-order valence-electron chi connectivity index (χ1n) is 7.00. The van der Waals surface area contributed by atoms with Crippen LogP contribution < -0.4 is 5.32 Å². The van der Waals surface area contributed by atoms with Crippen LogP contribution >= 0.6 is 0 Å². The van der Waals surface area contributed by atoms with Crippen LogP contribution in [0.2, 0.25) is 0 Å². The Kier molecular flexibility index (Phi) is 6.37. The molecule has 1 aliphatic rings. The summed E-state index contributed by atoms with van der Waals surface area (Å²) < 4.78 is 0. The highest BCUT2D eigenvalue weighted by atomic mass is 15.1. The molecule has 0 aromatic heterocycles. The highest BCUT2D eigenvalue weighted by Gasteiger charge is 2.22. The third-order valence-electron chi connectivity index (χ3n) is 4.02. The summed E-state index contributed by atoms with van der Waals surface area (Å²) >= 11 is 0. The minimum Gasteiger partial charge on any atom is -0.318 e. The highest BCUT2D eigenvalue weighted by molar-refractivity contribution is 4.77. The lowest BCUT2D eigenvalue weighted by Crippen LogP contribution is -2.44. The summed E-state index contributed by atoms with van der Waals surface area (Å²) in [6, 6.07) is 0.687. The standard InChI is InChI=1S/C14H30N2/c1-12(2)14(10-15-3)16(4)11-13-8-6-5-7-9-13/h12-15H,5-11H2,1-4H3. The molecule has 0 saturated heterocycles. The van der Waals surface area contributed by atoms with E-state index >= 15 is 0 Å². The van der Waals surface area contributed by atoms with E-state index in [1.807, 2.05) is 0 Å². The molecule has 2 nitrogen and oxygen atoms in total. The molecule has 1 unspecified atom stereocenters. The first-order chi connectivity index (χ1) is 7.65. The number of hydrogen-bond acceptors (Lipinski definition) is 2. The Morgan fingerprint density at radius 1 is 1.19 bits per heavy atom. The van der Waals surface area contributed by atoms with Crippen LogP contribution in [0.3, 0.4) is 0 Å². The monoisotopic (exact) mass is 226 g/mol. The lowest BCUT2D eigenvalue weighted by Gasteiger charge is -2.35. The van der Waals surface area contributed by atoms with Gasteiger partial charge in [-0.25, -0.2) is 0 Å². The van der Waals surface area contributed by atoms with Crippen molar-refractivity contribution in [2.75, 3.05) is 27.2 Å². The van der Waals surface area contributed by atoms with Gasteiger partial charge in [0.2, 0.25) is 0 Å². The lowest BCUT2D eigenvalue weighted by atomic mass is 9.88. The second-order valence-corrected chi connectivity index (χ2v) is 5.81. The molecule has 16 heavy (non-hydrogen) atoms. The molecule has 0 aromatic carbocycles. The second kappa shape index (κ2) is 7.29. The fraction of sp³-hybridized carbons (Fsp3) is 1.00. The van der Waals surface area contributed by atoms with Crippen molar-refractivity contribution >= 4 is 0 Å². The van der Waals surface area contributed by atoms with Crippen LogP contribution in [-0.4, -0.2) is 38.1 Å². The Morgan fingerprint density at radius 2 is 1.81 bits per heavy atom. The zero-order chi connectivity index (χ0) is 12.0. The van der Waals surface area contributed by atoms with E-state index in [0.717, 1.165) is 18.4 Å². The van der Waals surface area contributed by atoms with Crippen molar-refractivity contribution in [2.24, 2.45) is 11.8 Å². The van der Waals surface area contributed by atoms with Crippen LogP contribution in [0, 0.1) is 11.8 Å². The lowest BCUT2D eigenvalue weighted by molar-refractivity contribution is 0.148. The smallest absolute Gasteiger partial charge is 0.0240 e. The highest BCUT2D eigenvalue weighted by Crippen LogP contribution is 2.25. The Hall–Kier alpha value is -0.0800. The first-order valence-corrected chi connectivity index (χ1v) is 7.00. The van der Waals surface area contributed by atoms with Crippen molar-refractivity contribution in [3.05, 3.63) is 0 Å². The van der Waals surface area contributed by atoms with Gasteiger partial charge < -0.3 is 10.2 Å². The molecule has 0 amide bonds. The molecule has 0 bridgehead atoms. The molecule has 1 aliphatic carbocycles. The van der Waals surface area contributed by atoms with Gasteiger partial charge in [0.1, 0.15) is 0 Å². The molecule has 0 aromatic rings. The fourth-order valence-corrected chi connectivity index (χ4v) is 3.02. The van der Waals surface area contributed by atoms with E-state index in [-0.39, 0.29) is 0 Å². The van der Waals surface area contributed by atoms with Crippen LogP contribution in [-0.2, 0) is 0 Å². The summed E-state index contributed by atoms with van der Waals surface area (Å²) in [5.41, 5.74) is 0. The molecule has 96 valence electrons. The van der Waals surface area contributed by atoms with E-state index in [1.165, 1.54) is 38.6 Å². The first kappa shape index (κ1) is 14.0. The number of nitrogens with zero attached hydrogens (tertiary/aromatic N) is 1. The number of likely N-dealkylation sites (N-methyl/N-ethyl adjacent to an activating group) is 2. The molecule has 1 saturated carbocycles. The molecule has 0 radical (unpaired) electrons. The number of hydrogen-bond donors (Lipinski definition) is 1. The van der Waals surface area contributed by atoms with E-state index < -0.39 is 0 Å². The van der Waals surface area contributed by atoms with Crippen molar-refractivity contribution in [3.8, 4) is 0 Å². The van der Waals surface area contributed by atoms with Gasteiger partial charge >= 0.3 is 0 Å². The normalized spacial score (nSPS) is 20.6. The molecule has 0 heterocycles. The molecule has 1 atom stereocenters. The van der Waals surface area contributed by atoms with Crippen molar-refractivity contribution < 1.29 is 0 Å². The van der Waals surface area contributed by atoms with Gasteiger partial charge in [0, 0.05) is 19.1 Å². The Bertz CT molecular complexity index is 174. The van der Waals surface area contributed by atoms with Gasteiger partial charge in [-0.1, -0.05) is 33.1 Å². The van der Waals surface area contributed by atoms with Crippen LogP contribution in [0.5, 0.6) is 0 Å². The van der Waals surface area contributed by atoms with Crippen LogP contribution in [0.25, 0.3) is 0 Å². The van der Waals surface area contributed by atoms with Crippen LogP contribution in [0.4, 0.5) is 0 Å². The van der Waals surface area contributed by atoms with Gasteiger partial charge in [-0.3, -0.25) is 0 Å². The van der Waals surface area contributed by atoms with Gasteiger partial charge in [0.05, 0.1) is 0 Å². The van der Waals surface area contributed by atoms with Crippen LogP contribution in [0.1, 0.15) is 46.0 Å². The molecule has 0 aliphatic heterocycles. The van der Waals surface area contributed by atoms with Crippen molar-refractivity contribution in [1.82, 2.24) is 10.2 Å². The minimum absolute atomic E-state index is 0.687. The molecule has 1 N–H and O–H groups in total. The average molecular weight is 226 g/mol. The summed E-state index contributed by atoms with van der Waals surface area (Å²) in [7, 11) is 4.36. The van der Waals surface area contributed by atoms with Gasteiger partial charge in [0.15, 0.2) is 0 Å². The molecule has 1 fully saturated rings. The van der Waals surface area contributed by atoms with Gasteiger partial charge in [-0.15, -0.1) is 0 Å². The Morgan fingerprint density at radius 3 is 2.31 bits per heavy atom. The summed E-state index contributed by atoms with van der Waals surface area (Å²) in [6.07, 6.45) is 7.28. The summed E-state index contributed by atoms with van der Waals surface area (Å²) in [6.45, 7) is 7.07. The van der Waals surface area contributed by atoms with E-state index in [0.29, 0.717) is 6.04 Å². The SMILES string of the molecule is CNCC(C(C)C)N(C)CC1CCCCC1. The minimum atomic E-state index is 0.687. The van der Waals surface area contributed by atoms with E-state index in [9.17, 15) is 0 Å². The maximum absolute atomic E-state index is 3.33. The zero-order valence-electron chi connectivity index (χ0n) is 11.6. The largest absolute Gasteiger partial charge is 0.318 e. The van der Waals surface area contributed by atoms with E-state index in [2.05, 4.69) is 38.2 Å². The Labute approximate surface area is 102 Å². The van der Waals surface area contributed by atoms with E-state index in [1.54, 1.807) is 0 Å². The van der Waals surface area contributed by atoms with Gasteiger partial charge in [-0.2, -0.15) is 0 Å². The zero-order valence-corrected chi connectivity index (χ0v) is 11.6. The third-order valence-corrected chi connectivity index (χ3v) is 4.02. The van der Waals surface area contributed by atoms with Gasteiger partial charge in [-0.05, 0) is 38.8 Å². The van der Waals surface area contributed by atoms with Crippen LogP contribution in [0.15, 0.2) is 0 Å². The predicted octanol–water partition coefficient (Wildman–Crippen LogP) is 2.74. The summed E-state index contributed by atoms with van der Waals surface area (Å²) in [4.78, 5) is 2.58. The van der Waals surface area contributed by atoms with Crippen molar-refractivity contribution in [3.63, 3.8) is 0 Å². The quantitative estimate of drug-likeness (QED) is 0.749. The number of nitrogens with one attached hydrogen (secondary N) is 1. The summed E-state index contributed by atoms with van der Waals surface area (Å²) in [5.74, 6) is 1.69. The van der Waals surface area contributed by atoms with Crippen molar-refractivity contribution in [2.45, 2.75) is 52.0 Å². The predicted molar refractivity (Wildman–Crippen MR) is 71.8 cm³/mol. The van der Waals surface area contributed by atoms with E-state index in [4.69, 9.17) is 0 Å². The fourth-order valence-electron chi connectivity index (χ4n) is 3.02. The molecular formula is C14H30N2. The Balaban J connectivity index is 2.37. The maximum atomic E-state index is 3.33. The molecule has 0 spiro atoms. The van der Waals surface area contributed by atoms with Gasteiger partial charge in [0.25, 0.3) is 0 Å². The molecular weight excluding hydrogens is 196 g/mol. The maximum Gasteiger partial charge on any atom is 0.0240 e.